The minimum absolute atomic E-state index is 0.0608. The third-order valence-electron chi connectivity index (χ3n) is 1.41. The molecule has 0 amide bonds. The Hall–Kier alpha value is -1.30. The number of ether oxygens (including phenoxy) is 1. The summed E-state index contributed by atoms with van der Waals surface area (Å²) in [6.07, 6.45) is 1.47. The molecule has 0 radical (unpaired) electrons. The molecule has 78 valence electrons. The van der Waals surface area contributed by atoms with Crippen molar-refractivity contribution in [3.63, 3.8) is 0 Å². The average Bonchev–Trinajstić information content (AvgIpc) is 2.62. The summed E-state index contributed by atoms with van der Waals surface area (Å²) in [6.45, 7) is 0. The molecule has 0 aromatic carbocycles. The van der Waals surface area contributed by atoms with Gasteiger partial charge in [0.2, 0.25) is 0 Å². The molecule has 0 bridgehead atoms. The smallest absolute Gasteiger partial charge is 0.340 e. The molecule has 0 aliphatic rings. The quantitative estimate of drug-likeness (QED) is 0.281. The molecule has 0 fully saturated rings. The molecule has 5 nitrogen and oxygen atoms in total. The highest BCUT2D eigenvalue weighted by atomic mass is 79.9. The summed E-state index contributed by atoms with van der Waals surface area (Å²) in [5, 5.41) is 5.12. The maximum Gasteiger partial charge on any atom is 0.340 e. The second-order valence-electron chi connectivity index (χ2n) is 2.38. The van der Waals surface area contributed by atoms with Crippen LogP contribution in [0.4, 0.5) is 0 Å². The maximum absolute atomic E-state index is 11.2. The number of hydrogen-bond acceptors (Lipinski definition) is 4. The molecule has 15 heavy (non-hydrogen) atoms. The molecule has 0 aliphatic heterocycles. The van der Waals surface area contributed by atoms with Crippen LogP contribution in [-0.2, 0) is 9.53 Å². The van der Waals surface area contributed by atoms with Crippen molar-refractivity contribution in [3.05, 3.63) is 36.9 Å². The molecule has 7 heteroatoms. The molecule has 0 saturated carbocycles. The molecule has 0 unspecified atom stereocenters. The molecule has 0 saturated heterocycles. The molecule has 1 aromatic heterocycles. The van der Waals surface area contributed by atoms with Crippen LogP contribution < -0.4 is 0 Å². The summed E-state index contributed by atoms with van der Waals surface area (Å²) in [5.41, 5.74) is 8.21. The Balaban J connectivity index is 3.03. The number of methoxy groups -OCH3 is 1. The lowest BCUT2D eigenvalue weighted by molar-refractivity contribution is -0.136. The van der Waals surface area contributed by atoms with Crippen molar-refractivity contribution in [2.75, 3.05) is 7.11 Å². The van der Waals surface area contributed by atoms with E-state index in [1.54, 1.807) is 6.07 Å². The average molecular weight is 288 g/mol. The van der Waals surface area contributed by atoms with Crippen molar-refractivity contribution in [3.8, 4) is 0 Å². The van der Waals surface area contributed by atoms with Gasteiger partial charge in [-0.3, -0.25) is 0 Å². The van der Waals surface area contributed by atoms with Gasteiger partial charge in [-0.15, -0.1) is 11.3 Å². The zero-order valence-electron chi connectivity index (χ0n) is 7.68. The number of carbonyl (C=O) groups is 1. The third kappa shape index (κ3) is 3.39. The second-order valence-corrected chi connectivity index (χ2v) is 4.24. The Bertz CT molecular complexity index is 448. The Kier molecular flexibility index (Phi) is 4.36. The van der Waals surface area contributed by atoms with Crippen molar-refractivity contribution in [2.24, 2.45) is 5.11 Å². The van der Waals surface area contributed by atoms with Gasteiger partial charge in [0.1, 0.15) is 5.70 Å². The van der Waals surface area contributed by atoms with Gasteiger partial charge in [0.15, 0.2) is 0 Å². The molecule has 0 spiro atoms. The first-order chi connectivity index (χ1) is 7.17. The molecule has 1 rings (SSSR count). The van der Waals surface area contributed by atoms with Gasteiger partial charge in [-0.2, -0.15) is 0 Å². The fourth-order valence-corrected chi connectivity index (χ4v) is 2.19. The summed E-state index contributed by atoms with van der Waals surface area (Å²) < 4.78 is 5.37. The Morgan fingerprint density at radius 1 is 1.80 bits per heavy atom. The van der Waals surface area contributed by atoms with Gasteiger partial charge in [0.25, 0.3) is 0 Å². The van der Waals surface area contributed by atoms with Crippen LogP contribution in [0.5, 0.6) is 0 Å². The van der Waals surface area contributed by atoms with Crippen LogP contribution >= 0.6 is 27.3 Å². The van der Waals surface area contributed by atoms with E-state index in [-0.39, 0.29) is 5.70 Å². The third-order valence-corrected chi connectivity index (χ3v) is 3.05. The monoisotopic (exact) mass is 287 g/mol. The zero-order valence-corrected chi connectivity index (χ0v) is 10.1. The predicted octanol–water partition coefficient (Wildman–Crippen LogP) is 3.33. The lowest BCUT2D eigenvalue weighted by atomic mass is 10.3. The first kappa shape index (κ1) is 11.8. The van der Waals surface area contributed by atoms with Crippen LogP contribution in [-0.4, -0.2) is 13.1 Å². The lowest BCUT2D eigenvalue weighted by Crippen LogP contribution is -2.01. The van der Waals surface area contributed by atoms with Gasteiger partial charge in [-0.1, -0.05) is 5.11 Å². The highest BCUT2D eigenvalue weighted by Crippen LogP contribution is 2.22. The minimum atomic E-state index is -0.655. The van der Waals surface area contributed by atoms with Gasteiger partial charge in [-0.05, 0) is 33.6 Å². The Morgan fingerprint density at radius 3 is 3.00 bits per heavy atom. The van der Waals surface area contributed by atoms with E-state index in [1.165, 1.54) is 24.5 Å². The fraction of sp³-hybridized carbons (Fsp3) is 0.125. The van der Waals surface area contributed by atoms with E-state index in [0.717, 1.165) is 9.35 Å². The molecule has 1 aromatic rings. The van der Waals surface area contributed by atoms with E-state index < -0.39 is 5.97 Å². The normalized spacial score (nSPS) is 10.7. The summed E-state index contributed by atoms with van der Waals surface area (Å²) in [4.78, 5) is 14.5. The number of carbonyl (C=O) groups excluding carboxylic acids is 1. The van der Waals surface area contributed by atoms with Crippen molar-refractivity contribution in [2.45, 2.75) is 0 Å². The first-order valence-electron chi connectivity index (χ1n) is 3.76. The molecule has 0 N–H and O–H groups in total. The van der Waals surface area contributed by atoms with Gasteiger partial charge < -0.3 is 4.74 Å². The number of thiophene rings is 1. The SMILES string of the molecule is COC(=O)C(=Cc1cc(Br)cs1)N=[N+]=[N-]. The highest BCUT2D eigenvalue weighted by Gasteiger charge is 2.07. The molecular weight excluding hydrogens is 282 g/mol. The Labute approximate surface area is 98.1 Å². The number of esters is 1. The van der Waals surface area contributed by atoms with Crippen LogP contribution in [0.15, 0.2) is 26.7 Å². The minimum Gasteiger partial charge on any atom is -0.466 e. The van der Waals surface area contributed by atoms with Gasteiger partial charge in [0.05, 0.1) is 7.11 Å². The topological polar surface area (TPSA) is 75.1 Å². The number of azide groups is 1. The predicted molar refractivity (Wildman–Crippen MR) is 61.2 cm³/mol. The lowest BCUT2D eigenvalue weighted by Gasteiger charge is -1.96. The maximum atomic E-state index is 11.2. The summed E-state index contributed by atoms with van der Waals surface area (Å²) in [6, 6.07) is 1.81. The van der Waals surface area contributed by atoms with Crippen LogP contribution in [0.3, 0.4) is 0 Å². The largest absolute Gasteiger partial charge is 0.466 e. The van der Waals surface area contributed by atoms with Crippen molar-refractivity contribution in [1.82, 2.24) is 0 Å². The molecular formula is C8H6BrN3O2S. The van der Waals surface area contributed by atoms with Crippen LogP contribution in [0, 0.1) is 0 Å². The van der Waals surface area contributed by atoms with Crippen molar-refractivity contribution >= 4 is 39.3 Å². The van der Waals surface area contributed by atoms with Crippen LogP contribution in [0.1, 0.15) is 4.88 Å². The van der Waals surface area contributed by atoms with E-state index in [1.807, 2.05) is 5.38 Å². The van der Waals surface area contributed by atoms with E-state index >= 15 is 0 Å². The fourth-order valence-electron chi connectivity index (χ4n) is 0.820. The number of halogens is 1. The van der Waals surface area contributed by atoms with Crippen molar-refractivity contribution < 1.29 is 9.53 Å². The number of nitrogens with zero attached hydrogens (tertiary/aromatic N) is 3. The number of rotatable bonds is 3. The van der Waals surface area contributed by atoms with Gasteiger partial charge in [0, 0.05) is 19.6 Å². The zero-order chi connectivity index (χ0) is 11.3. The highest BCUT2D eigenvalue weighted by molar-refractivity contribution is 9.10. The van der Waals surface area contributed by atoms with E-state index in [0.29, 0.717) is 0 Å². The van der Waals surface area contributed by atoms with Crippen LogP contribution in [0.25, 0.3) is 16.5 Å². The Morgan fingerprint density at radius 2 is 2.53 bits per heavy atom. The van der Waals surface area contributed by atoms with E-state index in [4.69, 9.17) is 5.53 Å². The van der Waals surface area contributed by atoms with Gasteiger partial charge in [-0.25, -0.2) is 4.79 Å². The first-order valence-corrected chi connectivity index (χ1v) is 5.43. The van der Waals surface area contributed by atoms with Crippen LogP contribution in [0.2, 0.25) is 0 Å². The summed E-state index contributed by atoms with van der Waals surface area (Å²) >= 11 is 4.69. The molecule has 1 heterocycles. The molecule has 0 atom stereocenters. The summed E-state index contributed by atoms with van der Waals surface area (Å²) in [7, 11) is 1.23. The van der Waals surface area contributed by atoms with Crippen molar-refractivity contribution in [1.29, 1.82) is 0 Å². The number of hydrogen-bond donors (Lipinski definition) is 0. The standard InChI is InChI=1S/C8H6BrN3O2S/c1-14-8(13)7(11-12-10)3-6-2-5(9)4-15-6/h2-4H,1H3. The van der Waals surface area contributed by atoms with E-state index in [9.17, 15) is 4.79 Å². The van der Waals surface area contributed by atoms with Gasteiger partial charge >= 0.3 is 5.97 Å². The van der Waals surface area contributed by atoms with E-state index in [2.05, 4.69) is 30.7 Å². The summed E-state index contributed by atoms with van der Waals surface area (Å²) in [5.74, 6) is -0.655. The second kappa shape index (κ2) is 5.55. The molecule has 0 aliphatic carbocycles.